The highest BCUT2D eigenvalue weighted by Gasteiger charge is 2.71. The van der Waals surface area contributed by atoms with Gasteiger partial charge in [0.05, 0.1) is 19.1 Å². The summed E-state index contributed by atoms with van der Waals surface area (Å²) in [5.74, 6) is 0.505. The van der Waals surface area contributed by atoms with Crippen LogP contribution in [0.3, 0.4) is 0 Å². The molecule has 5 aliphatic rings. The second-order valence-electron chi connectivity index (χ2n) is 14.8. The fourth-order valence-electron chi connectivity index (χ4n) is 10.5. The van der Waals surface area contributed by atoms with Crippen LogP contribution in [0.15, 0.2) is 23.3 Å². The number of carbonyl (C=O) groups excluding carboxylic acids is 2. The summed E-state index contributed by atoms with van der Waals surface area (Å²) in [5, 5.41) is 11.2. The Hall–Kier alpha value is -1.46. The number of ether oxygens (including phenoxy) is 2. The SMILES string of the molecule is COC(=O)[C@H](CCC=C(C)C)[C@H]1C2[C@H](C[C@]3(C)C4=CC[C@H]5C(C)(C)C(=O)CC[C@]5(C)C4CC[C@@]23C)O[C@@H]1O. The summed E-state index contributed by atoms with van der Waals surface area (Å²) in [6.45, 7) is 15.8. The van der Waals surface area contributed by atoms with E-state index in [4.69, 9.17) is 9.47 Å². The monoisotopic (exact) mass is 526 g/mol. The molecule has 4 fully saturated rings. The molecule has 10 atom stereocenters. The van der Waals surface area contributed by atoms with Gasteiger partial charge >= 0.3 is 5.97 Å². The van der Waals surface area contributed by atoms with E-state index in [-0.39, 0.29) is 51.5 Å². The van der Waals surface area contributed by atoms with Gasteiger partial charge in [-0.1, -0.05) is 57.9 Å². The zero-order valence-electron chi connectivity index (χ0n) is 24.9. The molecule has 0 bridgehead atoms. The minimum absolute atomic E-state index is 0.0518. The number of Topliss-reactive ketones (excluding diaryl/α,β-unsaturated/α-hetero) is 1. The van der Waals surface area contributed by atoms with Crippen molar-refractivity contribution in [3.8, 4) is 0 Å². The van der Waals surface area contributed by atoms with Crippen molar-refractivity contribution in [1.29, 1.82) is 0 Å². The fourth-order valence-corrected chi connectivity index (χ4v) is 10.5. The Morgan fingerprint density at radius 3 is 2.58 bits per heavy atom. The Bertz CT molecular complexity index is 1050. The Kier molecular flexibility index (Phi) is 6.87. The number of methoxy groups -OCH3 is 1. The molecular formula is C33H50O5. The zero-order valence-corrected chi connectivity index (χ0v) is 24.9. The highest BCUT2D eigenvalue weighted by Crippen LogP contribution is 2.75. The molecule has 1 saturated heterocycles. The summed E-state index contributed by atoms with van der Waals surface area (Å²) >= 11 is 0. The average Bonchev–Trinajstić information content (AvgIpc) is 3.28. The molecule has 0 amide bonds. The lowest BCUT2D eigenvalue weighted by Gasteiger charge is -2.63. The van der Waals surface area contributed by atoms with Crippen LogP contribution in [0.4, 0.5) is 0 Å². The summed E-state index contributed by atoms with van der Waals surface area (Å²) in [6, 6.07) is 0. The number of ketones is 1. The number of fused-ring (bicyclic) bond motifs is 7. The van der Waals surface area contributed by atoms with Crippen molar-refractivity contribution in [3.05, 3.63) is 23.3 Å². The molecule has 3 saturated carbocycles. The van der Waals surface area contributed by atoms with E-state index in [1.54, 1.807) is 5.57 Å². The normalized spacial score (nSPS) is 45.7. The molecule has 1 aliphatic heterocycles. The van der Waals surface area contributed by atoms with E-state index in [0.717, 1.165) is 38.5 Å². The predicted octanol–water partition coefficient (Wildman–Crippen LogP) is 6.64. The van der Waals surface area contributed by atoms with Gasteiger partial charge < -0.3 is 14.6 Å². The first-order valence-corrected chi connectivity index (χ1v) is 15.0. The largest absolute Gasteiger partial charge is 0.469 e. The number of allylic oxidation sites excluding steroid dienone is 4. The number of hydrogen-bond acceptors (Lipinski definition) is 5. The third-order valence-corrected chi connectivity index (χ3v) is 12.7. The minimum Gasteiger partial charge on any atom is -0.469 e. The quantitative estimate of drug-likeness (QED) is 0.321. The molecule has 1 heterocycles. The van der Waals surface area contributed by atoms with E-state index in [9.17, 15) is 14.7 Å². The van der Waals surface area contributed by atoms with Gasteiger partial charge in [0.1, 0.15) is 5.78 Å². The van der Waals surface area contributed by atoms with E-state index in [1.165, 1.54) is 12.7 Å². The van der Waals surface area contributed by atoms with Gasteiger partial charge in [-0.05, 0) is 92.8 Å². The molecule has 5 rings (SSSR count). The van der Waals surface area contributed by atoms with Gasteiger partial charge in [0.2, 0.25) is 0 Å². The van der Waals surface area contributed by atoms with Crippen molar-refractivity contribution in [2.24, 2.45) is 51.2 Å². The van der Waals surface area contributed by atoms with Crippen molar-refractivity contribution >= 4 is 11.8 Å². The van der Waals surface area contributed by atoms with Crippen molar-refractivity contribution < 1.29 is 24.2 Å². The topological polar surface area (TPSA) is 72.8 Å². The Morgan fingerprint density at radius 1 is 1.21 bits per heavy atom. The van der Waals surface area contributed by atoms with Crippen LogP contribution >= 0.6 is 0 Å². The molecule has 4 aliphatic carbocycles. The second-order valence-corrected chi connectivity index (χ2v) is 14.8. The maximum absolute atomic E-state index is 13.1. The highest BCUT2D eigenvalue weighted by molar-refractivity contribution is 5.85. The van der Waals surface area contributed by atoms with Crippen LogP contribution in [0.25, 0.3) is 0 Å². The second kappa shape index (κ2) is 9.29. The van der Waals surface area contributed by atoms with E-state index in [2.05, 4.69) is 60.6 Å². The van der Waals surface area contributed by atoms with Gasteiger partial charge in [-0.2, -0.15) is 0 Å². The lowest BCUT2D eigenvalue weighted by Crippen LogP contribution is -2.57. The summed E-state index contributed by atoms with van der Waals surface area (Å²) in [4.78, 5) is 26.0. The van der Waals surface area contributed by atoms with Crippen LogP contribution in [0, 0.1) is 51.2 Å². The standard InChI is InChI=1S/C33H50O5/c1-19(2)10-9-11-20(28(35)37-8)26-27-23(38-29(26)36)18-33(7)22-12-13-24-30(3,4)25(34)15-16-31(24,5)21(22)14-17-32(27,33)6/h10,12,20-21,23-24,26-27,29,36H,9,11,13-18H2,1-8H3/t20-,21?,23+,24+,26+,27?,29+,31-,32+,33-/m1/s1. The summed E-state index contributed by atoms with van der Waals surface area (Å²) < 4.78 is 11.6. The van der Waals surface area contributed by atoms with Crippen molar-refractivity contribution in [2.75, 3.05) is 7.11 Å². The van der Waals surface area contributed by atoms with E-state index < -0.39 is 6.29 Å². The number of esters is 1. The highest BCUT2D eigenvalue weighted by atomic mass is 16.6. The maximum atomic E-state index is 13.1. The molecule has 0 aromatic rings. The van der Waals surface area contributed by atoms with Crippen LogP contribution in [0.1, 0.15) is 99.8 Å². The molecule has 1 N–H and O–H groups in total. The lowest BCUT2D eigenvalue weighted by atomic mass is 9.41. The lowest BCUT2D eigenvalue weighted by molar-refractivity contribution is -0.162. The molecule has 5 nitrogen and oxygen atoms in total. The van der Waals surface area contributed by atoms with Gasteiger partial charge in [0, 0.05) is 17.8 Å². The first-order chi connectivity index (χ1) is 17.7. The number of aliphatic hydroxyl groups excluding tert-OH is 1. The van der Waals surface area contributed by atoms with Crippen molar-refractivity contribution in [2.45, 2.75) is 112 Å². The van der Waals surface area contributed by atoms with E-state index in [1.807, 2.05) is 0 Å². The summed E-state index contributed by atoms with van der Waals surface area (Å²) in [7, 11) is 1.46. The van der Waals surface area contributed by atoms with Crippen LogP contribution in [-0.4, -0.2) is 36.4 Å². The Balaban J connectivity index is 1.51. The molecule has 5 heteroatoms. The third kappa shape index (κ3) is 3.77. The van der Waals surface area contributed by atoms with Gasteiger partial charge in [0.15, 0.2) is 6.29 Å². The smallest absolute Gasteiger partial charge is 0.309 e. The van der Waals surface area contributed by atoms with Crippen LogP contribution in [0.5, 0.6) is 0 Å². The first-order valence-electron chi connectivity index (χ1n) is 15.0. The molecule has 0 spiro atoms. The summed E-state index contributed by atoms with van der Waals surface area (Å²) in [5.41, 5.74) is 2.53. The maximum Gasteiger partial charge on any atom is 0.309 e. The number of aliphatic hydroxyl groups is 1. The van der Waals surface area contributed by atoms with Crippen molar-refractivity contribution in [3.63, 3.8) is 0 Å². The molecule has 212 valence electrons. The molecule has 2 unspecified atom stereocenters. The molecular weight excluding hydrogens is 476 g/mol. The Labute approximate surface area is 229 Å². The summed E-state index contributed by atoms with van der Waals surface area (Å²) in [6.07, 6.45) is 10.8. The van der Waals surface area contributed by atoms with Gasteiger partial charge in [-0.25, -0.2) is 0 Å². The predicted molar refractivity (Wildman–Crippen MR) is 148 cm³/mol. The van der Waals surface area contributed by atoms with E-state index in [0.29, 0.717) is 30.5 Å². The third-order valence-electron chi connectivity index (χ3n) is 12.7. The van der Waals surface area contributed by atoms with Crippen LogP contribution in [-0.2, 0) is 19.1 Å². The van der Waals surface area contributed by atoms with Crippen LogP contribution in [0.2, 0.25) is 0 Å². The number of carbonyl (C=O) groups is 2. The zero-order chi connectivity index (χ0) is 27.8. The van der Waals surface area contributed by atoms with Gasteiger partial charge in [-0.3, -0.25) is 9.59 Å². The fraction of sp³-hybridized carbons (Fsp3) is 0.818. The Morgan fingerprint density at radius 2 is 1.92 bits per heavy atom. The molecule has 0 aromatic heterocycles. The molecule has 0 radical (unpaired) electrons. The molecule has 0 aromatic carbocycles. The molecule has 38 heavy (non-hydrogen) atoms. The average molecular weight is 527 g/mol. The van der Waals surface area contributed by atoms with Gasteiger partial charge in [0.25, 0.3) is 0 Å². The minimum atomic E-state index is -0.938. The first kappa shape index (κ1) is 28.1. The van der Waals surface area contributed by atoms with Crippen LogP contribution < -0.4 is 0 Å². The van der Waals surface area contributed by atoms with E-state index >= 15 is 0 Å². The number of hydrogen-bond donors (Lipinski definition) is 1. The number of rotatable bonds is 5. The van der Waals surface area contributed by atoms with Gasteiger partial charge in [-0.15, -0.1) is 0 Å². The van der Waals surface area contributed by atoms with Crippen molar-refractivity contribution in [1.82, 2.24) is 0 Å².